The number of aliphatic hydroxyl groups excluding tert-OH is 1. The van der Waals surface area contributed by atoms with Crippen LogP contribution >= 0.6 is 15.9 Å². The maximum atomic E-state index is 10.1. The minimum absolute atomic E-state index is 0.280. The van der Waals surface area contributed by atoms with Crippen molar-refractivity contribution in [1.29, 1.82) is 0 Å². The SMILES string of the molecule is NC(=NC[C@@H](O)c1cccc(Br)c1)NC1CCCCCC1. The predicted molar refractivity (Wildman–Crippen MR) is 90.2 cm³/mol. The molecular formula is C16H24BrN3O. The van der Waals surface area contributed by atoms with Crippen LogP contribution in [0.15, 0.2) is 33.7 Å². The highest BCUT2D eigenvalue weighted by Crippen LogP contribution is 2.19. The molecule has 1 aliphatic rings. The molecule has 1 fully saturated rings. The summed E-state index contributed by atoms with van der Waals surface area (Å²) < 4.78 is 0.951. The van der Waals surface area contributed by atoms with E-state index in [-0.39, 0.29) is 6.54 Å². The minimum Gasteiger partial charge on any atom is -0.386 e. The Morgan fingerprint density at radius 3 is 2.71 bits per heavy atom. The van der Waals surface area contributed by atoms with Gasteiger partial charge in [-0.1, -0.05) is 53.7 Å². The van der Waals surface area contributed by atoms with E-state index < -0.39 is 6.10 Å². The van der Waals surface area contributed by atoms with E-state index in [0.29, 0.717) is 12.0 Å². The lowest BCUT2D eigenvalue weighted by Crippen LogP contribution is -2.40. The van der Waals surface area contributed by atoms with Gasteiger partial charge in [0.05, 0.1) is 12.6 Å². The Balaban J connectivity index is 1.84. The summed E-state index contributed by atoms with van der Waals surface area (Å²) in [5, 5.41) is 13.4. The summed E-state index contributed by atoms with van der Waals surface area (Å²) in [7, 11) is 0. The van der Waals surface area contributed by atoms with E-state index in [2.05, 4.69) is 26.2 Å². The Kier molecular flexibility index (Phi) is 6.51. The van der Waals surface area contributed by atoms with Gasteiger partial charge in [0.15, 0.2) is 5.96 Å². The van der Waals surface area contributed by atoms with Crippen molar-refractivity contribution < 1.29 is 5.11 Å². The van der Waals surface area contributed by atoms with Gasteiger partial charge >= 0.3 is 0 Å². The van der Waals surface area contributed by atoms with Crippen molar-refractivity contribution in [1.82, 2.24) is 5.32 Å². The van der Waals surface area contributed by atoms with Crippen molar-refractivity contribution in [3.05, 3.63) is 34.3 Å². The van der Waals surface area contributed by atoms with E-state index in [1.54, 1.807) is 0 Å². The lowest BCUT2D eigenvalue weighted by atomic mass is 10.1. The van der Waals surface area contributed by atoms with Crippen LogP contribution in [0.25, 0.3) is 0 Å². The van der Waals surface area contributed by atoms with Crippen LogP contribution in [0, 0.1) is 0 Å². The molecule has 5 heteroatoms. The second-order valence-electron chi connectivity index (χ2n) is 5.63. The van der Waals surface area contributed by atoms with Gasteiger partial charge in [-0.15, -0.1) is 0 Å². The molecule has 21 heavy (non-hydrogen) atoms. The smallest absolute Gasteiger partial charge is 0.188 e. The van der Waals surface area contributed by atoms with Crippen LogP contribution in [-0.2, 0) is 0 Å². The van der Waals surface area contributed by atoms with Crippen LogP contribution in [0.2, 0.25) is 0 Å². The van der Waals surface area contributed by atoms with Gasteiger partial charge in [0.25, 0.3) is 0 Å². The second-order valence-corrected chi connectivity index (χ2v) is 6.55. The fourth-order valence-electron chi connectivity index (χ4n) is 2.68. The summed E-state index contributed by atoms with van der Waals surface area (Å²) >= 11 is 3.40. The number of rotatable bonds is 4. The zero-order valence-electron chi connectivity index (χ0n) is 12.3. The number of hydrogen-bond donors (Lipinski definition) is 3. The number of aliphatic hydroxyl groups is 1. The zero-order chi connectivity index (χ0) is 15.1. The molecule has 0 spiro atoms. The highest BCUT2D eigenvalue weighted by Gasteiger charge is 2.13. The number of nitrogens with two attached hydrogens (primary N) is 1. The van der Waals surface area contributed by atoms with E-state index in [1.165, 1.54) is 25.7 Å². The topological polar surface area (TPSA) is 70.6 Å². The number of nitrogens with one attached hydrogen (secondary N) is 1. The van der Waals surface area contributed by atoms with E-state index >= 15 is 0 Å². The molecule has 2 rings (SSSR count). The number of halogens is 1. The minimum atomic E-state index is -0.628. The van der Waals surface area contributed by atoms with Gasteiger partial charge in [0.2, 0.25) is 0 Å². The van der Waals surface area contributed by atoms with Gasteiger partial charge in [-0.2, -0.15) is 0 Å². The Morgan fingerprint density at radius 2 is 2.05 bits per heavy atom. The second kappa shape index (κ2) is 8.39. The Hall–Kier alpha value is -1.07. The molecule has 1 saturated carbocycles. The first-order valence-electron chi connectivity index (χ1n) is 7.65. The molecule has 4 nitrogen and oxygen atoms in total. The summed E-state index contributed by atoms with van der Waals surface area (Å²) in [6, 6.07) is 8.05. The third kappa shape index (κ3) is 5.67. The maximum Gasteiger partial charge on any atom is 0.188 e. The maximum absolute atomic E-state index is 10.1. The standard InChI is InChI=1S/C16H24BrN3O/c17-13-7-5-6-12(10-13)15(21)11-19-16(18)20-14-8-3-1-2-4-9-14/h5-7,10,14-15,21H,1-4,8-9,11H2,(H3,18,19,20)/t15-/m1/s1. The Labute approximate surface area is 135 Å². The van der Waals surface area contributed by atoms with Crippen molar-refractivity contribution in [2.75, 3.05) is 6.54 Å². The molecule has 0 aromatic heterocycles. The first-order valence-corrected chi connectivity index (χ1v) is 8.44. The summed E-state index contributed by atoms with van der Waals surface area (Å²) in [6.45, 7) is 0.280. The Bertz CT molecular complexity index is 470. The monoisotopic (exact) mass is 353 g/mol. The summed E-state index contributed by atoms with van der Waals surface area (Å²) in [6.07, 6.45) is 6.83. The number of benzene rings is 1. The van der Waals surface area contributed by atoms with Crippen LogP contribution in [0.4, 0.5) is 0 Å². The number of guanidine groups is 1. The van der Waals surface area contributed by atoms with Gasteiger partial charge in [0.1, 0.15) is 0 Å². The van der Waals surface area contributed by atoms with Crippen LogP contribution in [-0.4, -0.2) is 23.7 Å². The molecule has 1 atom stereocenters. The van der Waals surface area contributed by atoms with Gasteiger partial charge < -0.3 is 16.2 Å². The number of nitrogens with zero attached hydrogens (tertiary/aromatic N) is 1. The number of hydrogen-bond acceptors (Lipinski definition) is 2. The van der Waals surface area contributed by atoms with Gasteiger partial charge in [-0.3, -0.25) is 4.99 Å². The lowest BCUT2D eigenvalue weighted by molar-refractivity contribution is 0.187. The Morgan fingerprint density at radius 1 is 1.33 bits per heavy atom. The van der Waals surface area contributed by atoms with Crippen LogP contribution in [0.3, 0.4) is 0 Å². The molecular weight excluding hydrogens is 330 g/mol. The van der Waals surface area contributed by atoms with Crippen molar-refractivity contribution in [3.63, 3.8) is 0 Å². The first kappa shape index (κ1) is 16.3. The van der Waals surface area contributed by atoms with Gasteiger partial charge in [0, 0.05) is 10.5 Å². The summed E-state index contributed by atoms with van der Waals surface area (Å²) in [5.41, 5.74) is 6.77. The van der Waals surface area contributed by atoms with Crippen molar-refractivity contribution in [2.45, 2.75) is 50.7 Å². The molecule has 1 aliphatic carbocycles. The molecule has 1 aromatic carbocycles. The van der Waals surface area contributed by atoms with E-state index in [1.807, 2.05) is 24.3 Å². The predicted octanol–water partition coefficient (Wildman–Crippen LogP) is 3.11. The third-order valence-corrected chi connectivity index (χ3v) is 4.37. The highest BCUT2D eigenvalue weighted by molar-refractivity contribution is 9.10. The molecule has 0 aliphatic heterocycles. The number of aliphatic imine (C=N–C) groups is 1. The quantitative estimate of drug-likeness (QED) is 0.442. The van der Waals surface area contributed by atoms with Crippen molar-refractivity contribution in [3.8, 4) is 0 Å². The van der Waals surface area contributed by atoms with Crippen molar-refractivity contribution >= 4 is 21.9 Å². The molecule has 1 aromatic rings. The summed E-state index contributed by atoms with van der Waals surface area (Å²) in [4.78, 5) is 4.27. The van der Waals surface area contributed by atoms with Crippen LogP contribution in [0.1, 0.15) is 50.2 Å². The van der Waals surface area contributed by atoms with Crippen LogP contribution in [0.5, 0.6) is 0 Å². The van der Waals surface area contributed by atoms with Gasteiger partial charge in [-0.05, 0) is 30.5 Å². The fourth-order valence-corrected chi connectivity index (χ4v) is 3.10. The largest absolute Gasteiger partial charge is 0.386 e. The molecule has 0 amide bonds. The average Bonchev–Trinajstić information content (AvgIpc) is 2.73. The van der Waals surface area contributed by atoms with Crippen molar-refractivity contribution in [2.24, 2.45) is 10.7 Å². The van der Waals surface area contributed by atoms with E-state index in [9.17, 15) is 5.11 Å². The first-order chi connectivity index (χ1) is 10.1. The molecule has 116 valence electrons. The van der Waals surface area contributed by atoms with Crippen LogP contribution < -0.4 is 11.1 Å². The lowest BCUT2D eigenvalue weighted by Gasteiger charge is -2.17. The fraction of sp³-hybridized carbons (Fsp3) is 0.562. The van der Waals surface area contributed by atoms with E-state index in [4.69, 9.17) is 5.73 Å². The van der Waals surface area contributed by atoms with Gasteiger partial charge in [-0.25, -0.2) is 0 Å². The average molecular weight is 354 g/mol. The molecule has 0 heterocycles. The van der Waals surface area contributed by atoms with E-state index in [0.717, 1.165) is 22.9 Å². The molecule has 0 unspecified atom stereocenters. The highest BCUT2D eigenvalue weighted by atomic mass is 79.9. The zero-order valence-corrected chi connectivity index (χ0v) is 13.8. The third-order valence-electron chi connectivity index (χ3n) is 3.88. The summed E-state index contributed by atoms with van der Waals surface area (Å²) in [5.74, 6) is 0.441. The molecule has 0 bridgehead atoms. The molecule has 4 N–H and O–H groups in total. The normalized spacial score (nSPS) is 19.0. The molecule has 0 saturated heterocycles. The molecule has 0 radical (unpaired) electrons.